The van der Waals surface area contributed by atoms with Gasteiger partial charge in [-0.05, 0) is 50.7 Å². The standard InChI is InChI=1S/C18H20N6O2S/c1-4-12-16(27-23-21-12)18(25)24-9-5-6-14(24)13-7-8-19-17(20-13)15-10(2)22-26-11(15)3/h7-8,14H,4-6,9H2,1-3H3/t14-/m1/s1. The van der Waals surface area contributed by atoms with Gasteiger partial charge in [-0.3, -0.25) is 4.79 Å². The molecular weight excluding hydrogens is 364 g/mol. The second-order valence-electron chi connectivity index (χ2n) is 6.56. The predicted octanol–water partition coefficient (Wildman–Crippen LogP) is 3.14. The summed E-state index contributed by atoms with van der Waals surface area (Å²) in [5.41, 5.74) is 3.16. The molecule has 0 aromatic carbocycles. The molecule has 3 aromatic rings. The third kappa shape index (κ3) is 3.12. The van der Waals surface area contributed by atoms with Gasteiger partial charge in [-0.15, -0.1) is 5.10 Å². The lowest BCUT2D eigenvalue weighted by molar-refractivity contribution is 0.0736. The van der Waals surface area contributed by atoms with Crippen LogP contribution in [0.2, 0.25) is 0 Å². The largest absolute Gasteiger partial charge is 0.361 e. The van der Waals surface area contributed by atoms with E-state index in [0.717, 1.165) is 35.5 Å². The molecule has 9 heteroatoms. The van der Waals surface area contributed by atoms with Crippen LogP contribution in [0.15, 0.2) is 16.8 Å². The SMILES string of the molecule is CCc1nnsc1C(=O)N1CCC[C@@H]1c1ccnc(-c2c(C)noc2C)n1. The Labute approximate surface area is 160 Å². The number of nitrogens with zero attached hydrogens (tertiary/aromatic N) is 6. The molecule has 1 saturated heterocycles. The average Bonchev–Trinajstić information content (AvgIpc) is 3.41. The van der Waals surface area contributed by atoms with Gasteiger partial charge in [0.2, 0.25) is 0 Å². The summed E-state index contributed by atoms with van der Waals surface area (Å²) in [5.74, 6) is 1.26. The fraction of sp³-hybridized carbons (Fsp3) is 0.444. The Hall–Kier alpha value is -2.68. The molecule has 0 bridgehead atoms. The first kappa shape index (κ1) is 17.7. The van der Waals surface area contributed by atoms with Crippen LogP contribution in [0.5, 0.6) is 0 Å². The van der Waals surface area contributed by atoms with Crippen LogP contribution in [0, 0.1) is 13.8 Å². The normalized spacial score (nSPS) is 16.9. The number of carbonyl (C=O) groups excluding carboxylic acids is 1. The Bertz CT molecular complexity index is 962. The highest BCUT2D eigenvalue weighted by atomic mass is 32.1. The molecule has 0 aliphatic carbocycles. The molecule has 27 heavy (non-hydrogen) atoms. The van der Waals surface area contributed by atoms with Crippen LogP contribution in [0.1, 0.15) is 58.3 Å². The first-order valence-electron chi connectivity index (χ1n) is 8.98. The minimum absolute atomic E-state index is 0.0122. The van der Waals surface area contributed by atoms with Crippen molar-refractivity contribution in [2.45, 2.75) is 46.1 Å². The third-order valence-electron chi connectivity index (χ3n) is 4.87. The van der Waals surface area contributed by atoms with E-state index in [-0.39, 0.29) is 11.9 Å². The van der Waals surface area contributed by atoms with E-state index >= 15 is 0 Å². The van der Waals surface area contributed by atoms with Crippen LogP contribution in [0.25, 0.3) is 11.4 Å². The van der Waals surface area contributed by atoms with Crippen LogP contribution in [0.3, 0.4) is 0 Å². The van der Waals surface area contributed by atoms with E-state index in [1.165, 1.54) is 11.5 Å². The van der Waals surface area contributed by atoms with E-state index in [4.69, 9.17) is 9.51 Å². The van der Waals surface area contributed by atoms with Crippen molar-refractivity contribution in [3.63, 3.8) is 0 Å². The predicted molar refractivity (Wildman–Crippen MR) is 99.3 cm³/mol. The average molecular weight is 384 g/mol. The van der Waals surface area contributed by atoms with Crippen molar-refractivity contribution in [3.05, 3.63) is 40.0 Å². The van der Waals surface area contributed by atoms with Gasteiger partial charge in [-0.2, -0.15) is 0 Å². The molecule has 0 unspecified atom stereocenters. The number of hydrogen-bond acceptors (Lipinski definition) is 8. The summed E-state index contributed by atoms with van der Waals surface area (Å²) in [6.45, 7) is 6.40. The molecule has 0 saturated carbocycles. The van der Waals surface area contributed by atoms with Gasteiger partial charge >= 0.3 is 0 Å². The number of rotatable bonds is 4. The molecule has 140 valence electrons. The first-order chi connectivity index (χ1) is 13.1. The zero-order chi connectivity index (χ0) is 19.0. The Balaban J connectivity index is 1.67. The molecule has 1 fully saturated rings. The molecule has 0 radical (unpaired) electrons. The maximum atomic E-state index is 13.1. The van der Waals surface area contributed by atoms with Gasteiger partial charge in [-0.1, -0.05) is 16.6 Å². The lowest BCUT2D eigenvalue weighted by Crippen LogP contribution is -2.31. The van der Waals surface area contributed by atoms with Crippen LogP contribution >= 0.6 is 11.5 Å². The highest BCUT2D eigenvalue weighted by Gasteiger charge is 2.34. The highest BCUT2D eigenvalue weighted by Crippen LogP contribution is 2.34. The summed E-state index contributed by atoms with van der Waals surface area (Å²) in [7, 11) is 0. The molecule has 1 amide bonds. The monoisotopic (exact) mass is 384 g/mol. The van der Waals surface area contributed by atoms with E-state index in [0.29, 0.717) is 29.4 Å². The van der Waals surface area contributed by atoms with E-state index < -0.39 is 0 Å². The van der Waals surface area contributed by atoms with Crippen molar-refractivity contribution >= 4 is 17.4 Å². The van der Waals surface area contributed by atoms with Crippen LogP contribution in [-0.4, -0.2) is 42.1 Å². The molecule has 3 aromatic heterocycles. The summed E-state index contributed by atoms with van der Waals surface area (Å²) in [4.78, 5) is 24.7. The third-order valence-corrected chi connectivity index (χ3v) is 5.63. The van der Waals surface area contributed by atoms with E-state index in [1.807, 2.05) is 31.7 Å². The summed E-state index contributed by atoms with van der Waals surface area (Å²) in [6, 6.07) is 1.80. The number of carbonyl (C=O) groups is 1. The minimum atomic E-state index is -0.0773. The van der Waals surface area contributed by atoms with E-state index in [2.05, 4.69) is 19.7 Å². The number of aryl methyl sites for hydroxylation is 3. The van der Waals surface area contributed by atoms with Gasteiger partial charge < -0.3 is 9.42 Å². The summed E-state index contributed by atoms with van der Waals surface area (Å²) >= 11 is 1.17. The van der Waals surface area contributed by atoms with Crippen LogP contribution in [-0.2, 0) is 6.42 Å². The van der Waals surface area contributed by atoms with Crippen molar-refractivity contribution in [1.29, 1.82) is 0 Å². The fourth-order valence-electron chi connectivity index (χ4n) is 3.53. The van der Waals surface area contributed by atoms with Crippen molar-refractivity contribution in [1.82, 2.24) is 29.6 Å². The molecule has 1 aliphatic heterocycles. The molecule has 4 rings (SSSR count). The van der Waals surface area contributed by atoms with Crippen LogP contribution in [0.4, 0.5) is 0 Å². The Kier molecular flexibility index (Phi) is 4.69. The number of aromatic nitrogens is 5. The number of amides is 1. The van der Waals surface area contributed by atoms with Gasteiger partial charge in [0.1, 0.15) is 10.6 Å². The molecule has 4 heterocycles. The molecule has 0 N–H and O–H groups in total. The van der Waals surface area contributed by atoms with E-state index in [1.54, 1.807) is 6.20 Å². The molecular formula is C18H20N6O2S. The zero-order valence-electron chi connectivity index (χ0n) is 15.5. The minimum Gasteiger partial charge on any atom is -0.361 e. The van der Waals surface area contributed by atoms with Gasteiger partial charge in [-0.25, -0.2) is 9.97 Å². The van der Waals surface area contributed by atoms with Crippen molar-refractivity contribution in [2.75, 3.05) is 6.54 Å². The quantitative estimate of drug-likeness (QED) is 0.681. The maximum absolute atomic E-state index is 13.1. The second-order valence-corrected chi connectivity index (χ2v) is 7.32. The molecule has 0 spiro atoms. The lowest BCUT2D eigenvalue weighted by Gasteiger charge is -2.24. The Morgan fingerprint density at radius 3 is 3.00 bits per heavy atom. The maximum Gasteiger partial charge on any atom is 0.268 e. The summed E-state index contributed by atoms with van der Waals surface area (Å²) in [6.07, 6.45) is 4.24. The fourth-order valence-corrected chi connectivity index (χ4v) is 4.24. The lowest BCUT2D eigenvalue weighted by atomic mass is 10.1. The molecule has 1 aliphatic rings. The van der Waals surface area contributed by atoms with Gasteiger partial charge in [0.25, 0.3) is 5.91 Å². The summed E-state index contributed by atoms with van der Waals surface area (Å²) < 4.78 is 9.19. The number of hydrogen-bond donors (Lipinski definition) is 0. The summed E-state index contributed by atoms with van der Waals surface area (Å²) in [5, 5.41) is 8.05. The van der Waals surface area contributed by atoms with Crippen molar-refractivity contribution in [3.8, 4) is 11.4 Å². The second kappa shape index (κ2) is 7.15. The zero-order valence-corrected chi connectivity index (χ0v) is 16.3. The smallest absolute Gasteiger partial charge is 0.268 e. The van der Waals surface area contributed by atoms with Crippen molar-refractivity contribution in [2.24, 2.45) is 0 Å². The Morgan fingerprint density at radius 2 is 2.26 bits per heavy atom. The molecule has 1 atom stereocenters. The van der Waals surface area contributed by atoms with Gasteiger partial charge in [0.15, 0.2) is 5.82 Å². The van der Waals surface area contributed by atoms with Crippen LogP contribution < -0.4 is 0 Å². The van der Waals surface area contributed by atoms with Crippen molar-refractivity contribution < 1.29 is 9.32 Å². The first-order valence-corrected chi connectivity index (χ1v) is 9.75. The number of likely N-dealkylation sites (tertiary alicyclic amines) is 1. The molecule has 8 nitrogen and oxygen atoms in total. The van der Waals surface area contributed by atoms with Gasteiger partial charge in [0, 0.05) is 12.7 Å². The van der Waals surface area contributed by atoms with E-state index in [9.17, 15) is 4.79 Å². The Morgan fingerprint density at radius 1 is 1.41 bits per heavy atom. The highest BCUT2D eigenvalue weighted by molar-refractivity contribution is 7.08. The topological polar surface area (TPSA) is 97.9 Å². The van der Waals surface area contributed by atoms with Gasteiger partial charge in [0.05, 0.1) is 28.7 Å².